The second kappa shape index (κ2) is 18.0. The van der Waals surface area contributed by atoms with Gasteiger partial charge < -0.3 is 89.0 Å². The number of hydrogen-bond acceptors (Lipinski definition) is 18. The third-order valence-corrected chi connectivity index (χ3v) is 18.3. The van der Waals surface area contributed by atoms with Gasteiger partial charge in [0.05, 0.1) is 38.6 Å². The van der Waals surface area contributed by atoms with Crippen LogP contribution in [0.25, 0.3) is 0 Å². The maximum atomic E-state index is 11.6. The fraction of sp³-hybridized carbons (Fsp3) is 1.00. The average molecular weight is 903 g/mol. The van der Waals surface area contributed by atoms with E-state index in [0.717, 1.165) is 51.6 Å². The van der Waals surface area contributed by atoms with Crippen LogP contribution in [0, 0.1) is 52.3 Å². The minimum absolute atomic E-state index is 0.107. The van der Waals surface area contributed by atoms with E-state index in [0.29, 0.717) is 47.8 Å². The summed E-state index contributed by atoms with van der Waals surface area (Å²) in [5.74, 6) is 3.17. The monoisotopic (exact) mass is 902 g/mol. The molecule has 0 aromatic rings. The van der Waals surface area contributed by atoms with E-state index >= 15 is 0 Å². The molecule has 27 atom stereocenters. The van der Waals surface area contributed by atoms with E-state index < -0.39 is 118 Å². The lowest BCUT2D eigenvalue weighted by Gasteiger charge is -2.61. The molecular formula is C45H74O18. The highest BCUT2D eigenvalue weighted by Gasteiger charge is 2.69. The molecule has 4 saturated carbocycles. The first-order chi connectivity index (χ1) is 29.9. The number of aliphatic hydroxyl groups excluding tert-OH is 10. The van der Waals surface area contributed by atoms with E-state index in [4.69, 9.17) is 37.9 Å². The first kappa shape index (κ1) is 47.4. The van der Waals surface area contributed by atoms with Gasteiger partial charge in [-0.3, -0.25) is 0 Å². The molecule has 63 heavy (non-hydrogen) atoms. The Hall–Kier alpha value is -0.720. The van der Waals surface area contributed by atoms with Gasteiger partial charge in [-0.05, 0) is 104 Å². The predicted molar refractivity (Wildman–Crippen MR) is 216 cm³/mol. The number of hydrogen-bond donors (Lipinski definition) is 10. The summed E-state index contributed by atoms with van der Waals surface area (Å²) in [7, 11) is 0. The van der Waals surface area contributed by atoms with Crippen LogP contribution in [0.15, 0.2) is 0 Å². The van der Waals surface area contributed by atoms with Crippen LogP contribution in [-0.2, 0) is 37.9 Å². The first-order valence-corrected chi connectivity index (χ1v) is 23.8. The van der Waals surface area contributed by atoms with Crippen LogP contribution >= 0.6 is 0 Å². The summed E-state index contributed by atoms with van der Waals surface area (Å²) < 4.78 is 49.2. The van der Waals surface area contributed by atoms with Crippen molar-refractivity contribution >= 4 is 0 Å². The molecule has 0 radical (unpaired) electrons. The van der Waals surface area contributed by atoms with E-state index in [-0.39, 0.29) is 23.0 Å². The van der Waals surface area contributed by atoms with Crippen molar-refractivity contribution in [2.45, 2.75) is 202 Å². The fourth-order valence-electron chi connectivity index (χ4n) is 14.6. The summed E-state index contributed by atoms with van der Waals surface area (Å²) in [4.78, 5) is 0. The third-order valence-electron chi connectivity index (χ3n) is 18.3. The smallest absolute Gasteiger partial charge is 0.187 e. The summed E-state index contributed by atoms with van der Waals surface area (Å²) in [5.41, 5.74) is 0.323. The molecule has 10 N–H and O–H groups in total. The van der Waals surface area contributed by atoms with Gasteiger partial charge in [0.25, 0.3) is 0 Å². The van der Waals surface area contributed by atoms with Crippen molar-refractivity contribution in [2.75, 3.05) is 26.4 Å². The molecule has 0 aromatic heterocycles. The molecule has 0 aromatic carbocycles. The molecule has 9 rings (SSSR count). The van der Waals surface area contributed by atoms with Gasteiger partial charge in [0.2, 0.25) is 0 Å². The van der Waals surface area contributed by atoms with Gasteiger partial charge in [0, 0.05) is 12.3 Å². The maximum Gasteiger partial charge on any atom is 0.187 e. The first-order valence-electron chi connectivity index (χ1n) is 23.8. The zero-order valence-electron chi connectivity index (χ0n) is 37.0. The second-order valence-electron chi connectivity index (χ2n) is 21.6. The Morgan fingerprint density at radius 3 is 1.87 bits per heavy atom. The summed E-state index contributed by atoms with van der Waals surface area (Å²) in [6.45, 7) is 8.48. The molecule has 18 heteroatoms. The van der Waals surface area contributed by atoms with Crippen LogP contribution in [0.2, 0.25) is 0 Å². The van der Waals surface area contributed by atoms with Gasteiger partial charge in [-0.15, -0.1) is 0 Å². The van der Waals surface area contributed by atoms with Gasteiger partial charge in [0.15, 0.2) is 24.7 Å². The molecule has 18 nitrogen and oxygen atoms in total. The van der Waals surface area contributed by atoms with Gasteiger partial charge in [-0.2, -0.15) is 0 Å². The SMILES string of the molecule is C[C@H]1CC[C@@]2(OC1)O[C@H]1C[C@H]3[C@@H]4CC[C@@H]5C[C@@H](O[C@@H]6O[C@H](CO[C@@H]7O[C@H](CO)[C@@H](O)[C@H](O)[C@H]7O)[C@@H](O[C@@H]7O[C@H](CO)[C@@H](O)[C@H](O)[C@H]7O)[C@H](O)[C@H]6O)CC[C@]5(C)[C@H]4CC[C@]3(C)[C@H]1[C@@H]2C. The Balaban J connectivity index is 0.869. The Labute approximate surface area is 369 Å². The third kappa shape index (κ3) is 7.98. The van der Waals surface area contributed by atoms with Crippen molar-refractivity contribution in [3.63, 3.8) is 0 Å². The largest absolute Gasteiger partial charge is 0.394 e. The van der Waals surface area contributed by atoms with Crippen molar-refractivity contribution in [3.05, 3.63) is 0 Å². The van der Waals surface area contributed by atoms with Crippen molar-refractivity contribution < 1.29 is 89.0 Å². The van der Waals surface area contributed by atoms with Gasteiger partial charge in [-0.25, -0.2) is 0 Å². The molecule has 0 amide bonds. The maximum absolute atomic E-state index is 11.6. The number of ether oxygens (including phenoxy) is 8. The highest BCUT2D eigenvalue weighted by molar-refractivity contribution is 5.15. The number of aliphatic hydroxyl groups is 10. The number of rotatable bonds is 9. The van der Waals surface area contributed by atoms with Crippen molar-refractivity contribution in [2.24, 2.45) is 52.3 Å². The average Bonchev–Trinajstić information content (AvgIpc) is 3.72. The minimum atomic E-state index is -1.84. The van der Waals surface area contributed by atoms with Crippen LogP contribution in [0.3, 0.4) is 0 Å². The number of fused-ring (bicyclic) bond motifs is 7. The highest BCUT2D eigenvalue weighted by Crippen LogP contribution is 2.71. The lowest BCUT2D eigenvalue weighted by Crippen LogP contribution is -2.65. The molecule has 5 heterocycles. The topological polar surface area (TPSA) is 276 Å². The summed E-state index contributed by atoms with van der Waals surface area (Å²) in [6, 6.07) is 0. The Morgan fingerprint density at radius 2 is 1.21 bits per heavy atom. The molecular weight excluding hydrogens is 828 g/mol. The minimum Gasteiger partial charge on any atom is -0.394 e. The van der Waals surface area contributed by atoms with Crippen molar-refractivity contribution in [1.29, 1.82) is 0 Å². The standard InChI is InChI=1S/C45H74O18/c1-19-7-12-45(57-17-19)20(2)30-26(63-45)14-25-23-6-5-21-13-22(8-10-43(21,3)24(23)9-11-44(25,30)4)58-41-38(55)35(52)39(62-42-37(54)34(51)32(49)28(16-47)60-42)29(61-41)18-56-40-36(53)33(50)31(48)27(15-46)59-40/h19-42,46-55H,5-18H2,1-4H3/t19-,20-,21+,22-,23+,24-,25-,26-,27+,28+,29+,30-,31+,32+,33-,34-,35+,36+,37+,38+,39+,40+,41+,42-,43-,44-,45+/m0/s1. The lowest BCUT2D eigenvalue weighted by molar-refractivity contribution is -0.371. The predicted octanol–water partition coefficient (Wildman–Crippen LogP) is -0.734. The van der Waals surface area contributed by atoms with Crippen LogP contribution in [0.5, 0.6) is 0 Å². The Bertz CT molecular complexity index is 1570. The summed E-state index contributed by atoms with van der Waals surface area (Å²) >= 11 is 0. The zero-order valence-corrected chi connectivity index (χ0v) is 37.0. The molecule has 1 spiro atoms. The molecule has 5 saturated heterocycles. The van der Waals surface area contributed by atoms with Crippen LogP contribution in [-0.4, -0.2) is 188 Å². The highest BCUT2D eigenvalue weighted by atomic mass is 16.8. The Kier molecular flexibility index (Phi) is 13.5. The van der Waals surface area contributed by atoms with E-state index in [9.17, 15) is 51.1 Å². The van der Waals surface area contributed by atoms with Gasteiger partial charge in [-0.1, -0.05) is 27.7 Å². The lowest BCUT2D eigenvalue weighted by atomic mass is 9.44. The molecule has 9 fully saturated rings. The van der Waals surface area contributed by atoms with Crippen molar-refractivity contribution in [3.8, 4) is 0 Å². The van der Waals surface area contributed by atoms with Crippen LogP contribution in [0.1, 0.15) is 91.9 Å². The zero-order chi connectivity index (χ0) is 44.9. The van der Waals surface area contributed by atoms with Gasteiger partial charge in [0.1, 0.15) is 73.2 Å². The van der Waals surface area contributed by atoms with E-state index in [1.165, 1.54) is 12.8 Å². The molecule has 0 unspecified atom stereocenters. The quantitative estimate of drug-likeness (QED) is 0.128. The molecule has 5 aliphatic heterocycles. The molecule has 0 bridgehead atoms. The van der Waals surface area contributed by atoms with E-state index in [2.05, 4.69) is 27.7 Å². The Morgan fingerprint density at radius 1 is 0.587 bits per heavy atom. The second-order valence-corrected chi connectivity index (χ2v) is 21.6. The molecule has 362 valence electrons. The molecule has 9 aliphatic rings. The van der Waals surface area contributed by atoms with E-state index in [1.54, 1.807) is 0 Å². The van der Waals surface area contributed by atoms with Crippen molar-refractivity contribution in [1.82, 2.24) is 0 Å². The van der Waals surface area contributed by atoms with Crippen LogP contribution < -0.4 is 0 Å². The van der Waals surface area contributed by atoms with Crippen LogP contribution in [0.4, 0.5) is 0 Å². The fourth-order valence-corrected chi connectivity index (χ4v) is 14.6. The van der Waals surface area contributed by atoms with E-state index in [1.807, 2.05) is 0 Å². The summed E-state index contributed by atoms with van der Waals surface area (Å²) in [6.07, 6.45) is -13.9. The van der Waals surface area contributed by atoms with Gasteiger partial charge >= 0.3 is 0 Å². The molecule has 4 aliphatic carbocycles. The normalized spacial score (nSPS) is 58.2. The summed E-state index contributed by atoms with van der Waals surface area (Å²) in [5, 5.41) is 105.